The minimum Gasteiger partial charge on any atom is -0.377 e. The molecule has 1 aliphatic carbocycles. The summed E-state index contributed by atoms with van der Waals surface area (Å²) in [5, 5.41) is 12.6. The summed E-state index contributed by atoms with van der Waals surface area (Å²) in [5.41, 5.74) is 7.29. The summed E-state index contributed by atoms with van der Waals surface area (Å²) in [6.07, 6.45) is 2.44. The smallest absolute Gasteiger partial charge is 0.101 e. The lowest BCUT2D eigenvalue weighted by atomic mass is 9.95. The molecule has 1 aromatic carbocycles. The van der Waals surface area contributed by atoms with Crippen LogP contribution in [0.2, 0.25) is 0 Å². The highest BCUT2D eigenvalue weighted by Gasteiger charge is 2.40. The highest BCUT2D eigenvalue weighted by atomic mass is 79.9. The second-order valence-corrected chi connectivity index (χ2v) is 5.74. The van der Waals surface area contributed by atoms with Gasteiger partial charge < -0.3 is 11.1 Å². The molecule has 0 spiro atoms. The van der Waals surface area contributed by atoms with Crippen LogP contribution in [0.25, 0.3) is 0 Å². The molecule has 17 heavy (non-hydrogen) atoms. The summed E-state index contributed by atoms with van der Waals surface area (Å²) in [6, 6.07) is 7.90. The molecule has 2 rings (SSSR count). The van der Waals surface area contributed by atoms with E-state index in [2.05, 4.69) is 34.2 Å². The molecule has 0 heterocycles. The number of benzene rings is 1. The van der Waals surface area contributed by atoms with Gasteiger partial charge in [-0.15, -0.1) is 0 Å². The highest BCUT2D eigenvalue weighted by molar-refractivity contribution is 9.10. The fourth-order valence-electron chi connectivity index (χ4n) is 2.07. The van der Waals surface area contributed by atoms with Gasteiger partial charge in [0.2, 0.25) is 0 Å². The van der Waals surface area contributed by atoms with Crippen LogP contribution in [0.5, 0.6) is 0 Å². The third-order valence-corrected chi connectivity index (χ3v) is 3.92. The van der Waals surface area contributed by atoms with E-state index < -0.39 is 0 Å². The average Bonchev–Trinajstić information content (AvgIpc) is 3.15. The van der Waals surface area contributed by atoms with Crippen LogP contribution in [0, 0.1) is 17.2 Å². The van der Waals surface area contributed by atoms with Gasteiger partial charge in [-0.05, 0) is 43.9 Å². The van der Waals surface area contributed by atoms with Crippen molar-refractivity contribution in [1.82, 2.24) is 0 Å². The number of nitrogens with one attached hydrogen (secondary N) is 1. The average molecular weight is 294 g/mol. The number of rotatable bonds is 4. The lowest BCUT2D eigenvalue weighted by Crippen LogP contribution is -2.44. The second kappa shape index (κ2) is 4.67. The topological polar surface area (TPSA) is 61.8 Å². The quantitative estimate of drug-likeness (QED) is 0.897. The molecule has 0 aliphatic heterocycles. The van der Waals surface area contributed by atoms with Crippen molar-refractivity contribution in [3.63, 3.8) is 0 Å². The van der Waals surface area contributed by atoms with Crippen molar-refractivity contribution in [3.8, 4) is 6.07 Å². The van der Waals surface area contributed by atoms with Gasteiger partial charge in [-0.2, -0.15) is 5.26 Å². The van der Waals surface area contributed by atoms with Crippen LogP contribution in [0.4, 0.5) is 5.69 Å². The number of hydrogen-bond acceptors (Lipinski definition) is 3. The third kappa shape index (κ3) is 2.62. The van der Waals surface area contributed by atoms with Crippen LogP contribution in [0.15, 0.2) is 22.7 Å². The molecule has 3 nitrogen and oxygen atoms in total. The number of nitrogens with two attached hydrogens (primary N) is 1. The fourth-order valence-corrected chi connectivity index (χ4v) is 2.43. The molecule has 0 saturated heterocycles. The summed E-state index contributed by atoms with van der Waals surface area (Å²) in [7, 11) is 0. The number of nitrogens with zero attached hydrogens (tertiary/aromatic N) is 1. The van der Waals surface area contributed by atoms with E-state index in [1.165, 1.54) is 12.8 Å². The van der Waals surface area contributed by atoms with Gasteiger partial charge >= 0.3 is 0 Å². The Bertz CT molecular complexity index is 462. The Hall–Kier alpha value is -1.05. The first-order chi connectivity index (χ1) is 8.09. The minimum atomic E-state index is -0.0978. The molecule has 90 valence electrons. The van der Waals surface area contributed by atoms with E-state index in [1.54, 1.807) is 0 Å². The summed E-state index contributed by atoms with van der Waals surface area (Å²) in [4.78, 5) is 0. The van der Waals surface area contributed by atoms with Crippen molar-refractivity contribution in [2.75, 3.05) is 11.9 Å². The molecule has 0 bridgehead atoms. The fraction of sp³-hybridized carbons (Fsp3) is 0.462. The van der Waals surface area contributed by atoms with Gasteiger partial charge in [0.25, 0.3) is 0 Å². The Morgan fingerprint density at radius 3 is 2.82 bits per heavy atom. The van der Waals surface area contributed by atoms with E-state index in [0.29, 0.717) is 18.0 Å². The molecule has 1 atom stereocenters. The van der Waals surface area contributed by atoms with Crippen molar-refractivity contribution < 1.29 is 0 Å². The zero-order valence-electron chi connectivity index (χ0n) is 9.83. The summed E-state index contributed by atoms with van der Waals surface area (Å²) >= 11 is 3.37. The van der Waals surface area contributed by atoms with Crippen molar-refractivity contribution in [1.29, 1.82) is 5.26 Å². The van der Waals surface area contributed by atoms with Crippen molar-refractivity contribution >= 4 is 21.6 Å². The van der Waals surface area contributed by atoms with Crippen LogP contribution in [-0.2, 0) is 0 Å². The summed E-state index contributed by atoms with van der Waals surface area (Å²) < 4.78 is 0.917. The monoisotopic (exact) mass is 293 g/mol. The lowest BCUT2D eigenvalue weighted by molar-refractivity contribution is 0.459. The number of hydrogen-bond donors (Lipinski definition) is 2. The molecule has 0 amide bonds. The molecule has 4 heteroatoms. The maximum atomic E-state index is 9.12. The molecule has 0 radical (unpaired) electrons. The molecule has 1 aliphatic rings. The first-order valence-corrected chi connectivity index (χ1v) is 6.56. The zero-order chi connectivity index (χ0) is 12.5. The molecule has 1 fully saturated rings. The van der Waals surface area contributed by atoms with Gasteiger partial charge in [0, 0.05) is 16.6 Å². The van der Waals surface area contributed by atoms with Gasteiger partial charge in [0.15, 0.2) is 0 Å². The number of halogens is 1. The number of nitriles is 1. The van der Waals surface area contributed by atoms with E-state index in [9.17, 15) is 0 Å². The first kappa shape index (κ1) is 12.4. The van der Waals surface area contributed by atoms with Gasteiger partial charge in [-0.25, -0.2) is 0 Å². The van der Waals surface area contributed by atoms with Gasteiger partial charge in [0.1, 0.15) is 6.07 Å². The van der Waals surface area contributed by atoms with Crippen LogP contribution >= 0.6 is 15.9 Å². The molecule has 1 unspecified atom stereocenters. The lowest BCUT2D eigenvalue weighted by Gasteiger charge is -2.31. The predicted molar refractivity (Wildman–Crippen MR) is 72.7 cm³/mol. The Morgan fingerprint density at radius 1 is 1.59 bits per heavy atom. The van der Waals surface area contributed by atoms with E-state index in [-0.39, 0.29) is 5.54 Å². The van der Waals surface area contributed by atoms with Gasteiger partial charge in [-0.3, -0.25) is 0 Å². The maximum absolute atomic E-state index is 9.12. The van der Waals surface area contributed by atoms with E-state index >= 15 is 0 Å². The number of anilines is 1. The van der Waals surface area contributed by atoms with Crippen molar-refractivity contribution in [3.05, 3.63) is 28.2 Å². The molecule has 3 N–H and O–H groups in total. The molecule has 1 saturated carbocycles. The second-order valence-electron chi connectivity index (χ2n) is 4.82. The highest BCUT2D eigenvalue weighted by Crippen LogP contribution is 2.41. The Labute approximate surface area is 110 Å². The zero-order valence-corrected chi connectivity index (χ0v) is 11.4. The maximum Gasteiger partial charge on any atom is 0.101 e. The summed E-state index contributed by atoms with van der Waals surface area (Å²) in [6.45, 7) is 2.71. The van der Waals surface area contributed by atoms with Crippen molar-refractivity contribution in [2.24, 2.45) is 11.7 Å². The SMILES string of the molecule is CC(CN)(Nc1ccc(Br)cc1C#N)C1CC1. The van der Waals surface area contributed by atoms with Crippen LogP contribution < -0.4 is 11.1 Å². The molecule has 0 aromatic heterocycles. The van der Waals surface area contributed by atoms with E-state index in [4.69, 9.17) is 11.0 Å². The van der Waals surface area contributed by atoms with Gasteiger partial charge in [-0.1, -0.05) is 15.9 Å². The summed E-state index contributed by atoms with van der Waals surface area (Å²) in [5.74, 6) is 0.627. The van der Waals surface area contributed by atoms with E-state index in [1.807, 2.05) is 18.2 Å². The van der Waals surface area contributed by atoms with Crippen LogP contribution in [-0.4, -0.2) is 12.1 Å². The Morgan fingerprint density at radius 2 is 2.29 bits per heavy atom. The first-order valence-electron chi connectivity index (χ1n) is 5.77. The largest absolute Gasteiger partial charge is 0.377 e. The van der Waals surface area contributed by atoms with E-state index in [0.717, 1.165) is 10.2 Å². The van der Waals surface area contributed by atoms with Crippen LogP contribution in [0.1, 0.15) is 25.3 Å². The third-order valence-electron chi connectivity index (χ3n) is 3.42. The molecular weight excluding hydrogens is 278 g/mol. The molecule has 1 aromatic rings. The minimum absolute atomic E-state index is 0.0978. The standard InChI is InChI=1S/C13H16BrN3/c1-13(8-16,10-2-3-10)17-12-5-4-11(14)6-9(12)7-15/h4-6,10,17H,2-3,8,16H2,1H3. The Balaban J connectivity index is 2.26. The normalized spacial score (nSPS) is 18.2. The van der Waals surface area contributed by atoms with Crippen LogP contribution in [0.3, 0.4) is 0 Å². The van der Waals surface area contributed by atoms with Crippen molar-refractivity contribution in [2.45, 2.75) is 25.3 Å². The molecular formula is C13H16BrN3. The predicted octanol–water partition coefficient (Wildman–Crippen LogP) is 2.86. The van der Waals surface area contributed by atoms with Gasteiger partial charge in [0.05, 0.1) is 11.3 Å². The Kier molecular flexibility index (Phi) is 3.41.